The van der Waals surface area contributed by atoms with Crippen molar-refractivity contribution < 1.29 is 19.0 Å². The van der Waals surface area contributed by atoms with Gasteiger partial charge in [-0.2, -0.15) is 0 Å². The van der Waals surface area contributed by atoms with Crippen molar-refractivity contribution in [2.45, 2.75) is 57.0 Å². The summed E-state index contributed by atoms with van der Waals surface area (Å²) in [6.45, 7) is 5.63. The smallest absolute Gasteiger partial charge is 0.239 e. The highest BCUT2D eigenvalue weighted by molar-refractivity contribution is 5.86. The van der Waals surface area contributed by atoms with Gasteiger partial charge in [-0.3, -0.25) is 4.79 Å². The Balaban J connectivity index is 1.16. The molecule has 1 amide bonds. The summed E-state index contributed by atoms with van der Waals surface area (Å²) in [7, 11) is 1.67. The normalized spacial score (nSPS) is 27.4. The molecule has 5 atom stereocenters. The molecular formula is C29H35N3O4. The van der Waals surface area contributed by atoms with Gasteiger partial charge in [0.05, 0.1) is 25.4 Å². The number of carbonyl (C=O) groups excluding carboxylic acids is 1. The number of fused-ring (bicyclic) bond motifs is 5. The zero-order chi connectivity index (χ0) is 25.0. The molecule has 3 aliphatic rings. The predicted octanol–water partition coefficient (Wildman–Crippen LogP) is 4.21. The summed E-state index contributed by atoms with van der Waals surface area (Å²) in [4.78, 5) is 18.6. The number of nitrogens with one attached hydrogen (secondary N) is 1. The number of hydrogen-bond donors (Lipinski definition) is 2. The van der Waals surface area contributed by atoms with Gasteiger partial charge in [0.1, 0.15) is 17.1 Å². The summed E-state index contributed by atoms with van der Waals surface area (Å²) in [6, 6.07) is 13.6. The van der Waals surface area contributed by atoms with E-state index in [1.807, 2.05) is 41.4 Å². The molecule has 190 valence electrons. The number of piperidine rings is 1. The molecule has 0 saturated carbocycles. The Labute approximate surface area is 211 Å². The second kappa shape index (κ2) is 8.82. The van der Waals surface area contributed by atoms with E-state index in [1.54, 1.807) is 7.11 Å². The van der Waals surface area contributed by atoms with E-state index in [1.165, 1.54) is 0 Å². The molecule has 3 N–H and O–H groups in total. The van der Waals surface area contributed by atoms with Crippen LogP contribution >= 0.6 is 0 Å². The molecule has 0 unspecified atom stereocenters. The Kier molecular flexibility index (Phi) is 5.73. The molecule has 7 nitrogen and oxygen atoms in total. The summed E-state index contributed by atoms with van der Waals surface area (Å²) in [5.41, 5.74) is 9.32. The van der Waals surface area contributed by atoms with Crippen LogP contribution in [0.4, 0.5) is 0 Å². The second-order valence-corrected chi connectivity index (χ2v) is 11.0. The summed E-state index contributed by atoms with van der Waals surface area (Å²) < 4.78 is 18.6. The van der Waals surface area contributed by atoms with Crippen LogP contribution in [0.5, 0.6) is 11.5 Å². The van der Waals surface area contributed by atoms with Gasteiger partial charge in [-0.05, 0) is 56.9 Å². The molecule has 6 rings (SSSR count). The lowest BCUT2D eigenvalue weighted by Gasteiger charge is -2.53. The van der Waals surface area contributed by atoms with Crippen LogP contribution in [-0.4, -0.2) is 53.7 Å². The molecule has 2 fully saturated rings. The van der Waals surface area contributed by atoms with Gasteiger partial charge in [0.2, 0.25) is 5.91 Å². The number of aromatic nitrogens is 1. The van der Waals surface area contributed by atoms with Crippen molar-refractivity contribution in [2.75, 3.05) is 20.2 Å². The summed E-state index contributed by atoms with van der Waals surface area (Å²) in [5, 5.41) is 1.13. The quantitative estimate of drug-likeness (QED) is 0.573. The molecule has 0 aliphatic carbocycles. The van der Waals surface area contributed by atoms with E-state index in [-0.39, 0.29) is 35.6 Å². The number of hydrogen-bond acceptors (Lipinski definition) is 5. The Morgan fingerprint density at radius 3 is 2.94 bits per heavy atom. The van der Waals surface area contributed by atoms with E-state index in [4.69, 9.17) is 19.9 Å². The van der Waals surface area contributed by atoms with Crippen LogP contribution in [-0.2, 0) is 16.0 Å². The zero-order valence-electron chi connectivity index (χ0n) is 21.2. The van der Waals surface area contributed by atoms with E-state index in [9.17, 15) is 4.79 Å². The van der Waals surface area contributed by atoms with E-state index in [0.717, 1.165) is 46.4 Å². The Hall–Kier alpha value is -3.03. The lowest BCUT2D eigenvalue weighted by atomic mass is 9.70. The third kappa shape index (κ3) is 3.95. The number of carbonyl (C=O) groups is 1. The fourth-order valence-electron chi connectivity index (χ4n) is 6.47. The van der Waals surface area contributed by atoms with Gasteiger partial charge in [0.25, 0.3) is 0 Å². The molecular weight excluding hydrogens is 454 g/mol. The molecule has 7 heteroatoms. The highest BCUT2D eigenvalue weighted by Crippen LogP contribution is 2.53. The van der Waals surface area contributed by atoms with Crippen LogP contribution in [0.15, 0.2) is 48.7 Å². The van der Waals surface area contributed by atoms with Gasteiger partial charge in [-0.15, -0.1) is 0 Å². The summed E-state index contributed by atoms with van der Waals surface area (Å²) in [5.74, 6) is 2.13. The van der Waals surface area contributed by atoms with Gasteiger partial charge in [0.15, 0.2) is 0 Å². The van der Waals surface area contributed by atoms with Crippen LogP contribution in [0, 0.1) is 11.8 Å². The number of rotatable bonds is 4. The molecule has 0 radical (unpaired) electrons. The molecule has 2 aromatic carbocycles. The number of amides is 1. The summed E-state index contributed by atoms with van der Waals surface area (Å²) in [6.07, 6.45) is 4.39. The number of benzene rings is 2. The highest BCUT2D eigenvalue weighted by Gasteiger charge is 2.51. The number of methoxy groups -OCH3 is 1. The van der Waals surface area contributed by atoms with Gasteiger partial charge in [-0.25, -0.2) is 0 Å². The van der Waals surface area contributed by atoms with E-state index >= 15 is 0 Å². The first-order chi connectivity index (χ1) is 17.3. The minimum atomic E-state index is -0.561. The third-order valence-corrected chi connectivity index (χ3v) is 8.44. The fourth-order valence-corrected chi connectivity index (χ4v) is 6.47. The van der Waals surface area contributed by atoms with E-state index in [0.29, 0.717) is 19.5 Å². The maximum Gasteiger partial charge on any atom is 0.239 e. The average molecular weight is 490 g/mol. The van der Waals surface area contributed by atoms with Crippen LogP contribution in [0.3, 0.4) is 0 Å². The van der Waals surface area contributed by atoms with Gasteiger partial charge in [0, 0.05) is 53.7 Å². The number of para-hydroxylation sites is 1. The standard InChI is InChI=1S/C29H35N3O4/c1-29(2)22-12-18-16-32(28(33)23(30)13-17-15-31-24-7-5-4-6-20(17)24)11-10-25(18)35-27(22)21-9-8-19(34-3)14-26(21)36-29/h4-9,14-15,18,22-23,25,27,31H,10-13,16,30H2,1-3H3/t18-,22+,23+,25+,27-/m1/s1. The maximum atomic E-state index is 13.4. The van der Waals surface area contributed by atoms with Crippen molar-refractivity contribution in [3.63, 3.8) is 0 Å². The number of nitrogens with two attached hydrogens (primary N) is 1. The first kappa shape index (κ1) is 23.4. The number of nitrogens with zero attached hydrogens (tertiary/aromatic N) is 1. The van der Waals surface area contributed by atoms with Gasteiger partial charge in [-0.1, -0.05) is 18.2 Å². The van der Waals surface area contributed by atoms with Gasteiger partial charge < -0.3 is 29.8 Å². The molecule has 4 heterocycles. The van der Waals surface area contributed by atoms with Crippen molar-refractivity contribution in [3.05, 3.63) is 59.8 Å². The van der Waals surface area contributed by atoms with Crippen LogP contribution in [0.25, 0.3) is 10.9 Å². The number of aromatic amines is 1. The summed E-state index contributed by atoms with van der Waals surface area (Å²) >= 11 is 0. The third-order valence-electron chi connectivity index (χ3n) is 8.44. The first-order valence-corrected chi connectivity index (χ1v) is 13.0. The highest BCUT2D eigenvalue weighted by atomic mass is 16.5. The molecule has 0 spiro atoms. The van der Waals surface area contributed by atoms with E-state index < -0.39 is 6.04 Å². The molecule has 3 aromatic rings. The molecule has 3 aliphatic heterocycles. The Morgan fingerprint density at radius 1 is 1.28 bits per heavy atom. The van der Waals surface area contributed by atoms with Crippen molar-refractivity contribution in [1.82, 2.24) is 9.88 Å². The molecule has 2 saturated heterocycles. The maximum absolute atomic E-state index is 13.4. The van der Waals surface area contributed by atoms with E-state index in [2.05, 4.69) is 31.0 Å². The average Bonchev–Trinajstić information content (AvgIpc) is 3.29. The first-order valence-electron chi connectivity index (χ1n) is 13.0. The van der Waals surface area contributed by atoms with Crippen LogP contribution in [0.1, 0.15) is 43.9 Å². The SMILES string of the molecule is COc1ccc2c(c1)OC(C)(C)[C@H]1C[C@@H]3CN(C(=O)[C@@H](N)Cc4c[nH]c5ccccc45)CC[C@@H]3O[C@H]21. The van der Waals surface area contributed by atoms with Crippen LogP contribution in [0.2, 0.25) is 0 Å². The lowest BCUT2D eigenvalue weighted by molar-refractivity contribution is -0.189. The molecule has 36 heavy (non-hydrogen) atoms. The Bertz CT molecular complexity index is 1280. The predicted molar refractivity (Wildman–Crippen MR) is 138 cm³/mol. The molecule has 0 bridgehead atoms. The molecule has 1 aromatic heterocycles. The topological polar surface area (TPSA) is 89.8 Å². The zero-order valence-corrected chi connectivity index (χ0v) is 21.2. The van der Waals surface area contributed by atoms with Crippen LogP contribution < -0.4 is 15.2 Å². The van der Waals surface area contributed by atoms with Crippen molar-refractivity contribution in [1.29, 1.82) is 0 Å². The fraction of sp³-hybridized carbons (Fsp3) is 0.483. The number of H-pyrrole nitrogens is 1. The monoisotopic (exact) mass is 489 g/mol. The Morgan fingerprint density at radius 2 is 2.11 bits per heavy atom. The van der Waals surface area contributed by atoms with Gasteiger partial charge >= 0.3 is 0 Å². The van der Waals surface area contributed by atoms with Crippen molar-refractivity contribution in [3.8, 4) is 11.5 Å². The van der Waals surface area contributed by atoms with Crippen molar-refractivity contribution >= 4 is 16.8 Å². The largest absolute Gasteiger partial charge is 0.497 e. The lowest BCUT2D eigenvalue weighted by Crippen LogP contribution is -2.57. The van der Waals surface area contributed by atoms with Crippen molar-refractivity contribution in [2.24, 2.45) is 17.6 Å². The second-order valence-electron chi connectivity index (χ2n) is 11.0. The number of likely N-dealkylation sites (tertiary alicyclic amines) is 1. The minimum Gasteiger partial charge on any atom is -0.497 e. The minimum absolute atomic E-state index is 0.0118. The number of ether oxygens (including phenoxy) is 3.